The molecule has 2 aromatic rings. The van der Waals surface area contributed by atoms with Gasteiger partial charge in [-0.1, -0.05) is 36.8 Å². The summed E-state index contributed by atoms with van der Waals surface area (Å²) in [7, 11) is 0. The SMILES string of the molecule is Cc1ccc(Cn2cccc(NC(=O)NCC(C)CCO)c2=O)cc1. The maximum absolute atomic E-state index is 12.5. The lowest BCUT2D eigenvalue weighted by molar-refractivity contribution is 0.243. The number of amides is 2. The van der Waals surface area contributed by atoms with Crippen molar-refractivity contribution in [2.24, 2.45) is 5.92 Å². The number of aliphatic hydroxyl groups is 1. The maximum atomic E-state index is 12.5. The van der Waals surface area contributed by atoms with Crippen LogP contribution < -0.4 is 16.2 Å². The van der Waals surface area contributed by atoms with Gasteiger partial charge in [0.25, 0.3) is 5.56 Å². The second kappa shape index (κ2) is 9.03. The van der Waals surface area contributed by atoms with Crippen molar-refractivity contribution in [1.82, 2.24) is 9.88 Å². The van der Waals surface area contributed by atoms with Gasteiger partial charge in [-0.25, -0.2) is 4.79 Å². The summed E-state index contributed by atoms with van der Waals surface area (Å²) < 4.78 is 1.56. The van der Waals surface area contributed by atoms with Crippen LogP contribution in [0.1, 0.15) is 24.5 Å². The first-order chi connectivity index (χ1) is 12.0. The monoisotopic (exact) mass is 343 g/mol. The molecule has 0 fully saturated rings. The zero-order valence-electron chi connectivity index (χ0n) is 14.7. The zero-order valence-corrected chi connectivity index (χ0v) is 14.7. The van der Waals surface area contributed by atoms with Gasteiger partial charge in [0.15, 0.2) is 0 Å². The second-order valence-electron chi connectivity index (χ2n) is 6.29. The number of aliphatic hydroxyl groups excluding tert-OH is 1. The second-order valence-corrected chi connectivity index (χ2v) is 6.29. The number of nitrogens with one attached hydrogen (secondary N) is 2. The Labute approximate surface area is 147 Å². The summed E-state index contributed by atoms with van der Waals surface area (Å²) in [5.74, 6) is 0.171. The van der Waals surface area contributed by atoms with Gasteiger partial charge in [-0.2, -0.15) is 0 Å². The van der Waals surface area contributed by atoms with Crippen molar-refractivity contribution in [3.8, 4) is 0 Å². The van der Waals surface area contributed by atoms with E-state index in [9.17, 15) is 9.59 Å². The standard InChI is InChI=1S/C19H25N3O3/c1-14-5-7-16(8-6-14)13-22-10-3-4-17(18(22)24)21-19(25)20-12-15(2)9-11-23/h3-8,10,15,23H,9,11-13H2,1-2H3,(H2,20,21,25). The molecule has 1 heterocycles. The van der Waals surface area contributed by atoms with E-state index in [1.807, 2.05) is 38.1 Å². The number of hydrogen-bond donors (Lipinski definition) is 3. The van der Waals surface area contributed by atoms with Crippen LogP contribution in [0.25, 0.3) is 0 Å². The Hall–Kier alpha value is -2.60. The molecule has 1 atom stereocenters. The largest absolute Gasteiger partial charge is 0.396 e. The molecule has 0 aliphatic heterocycles. The van der Waals surface area contributed by atoms with E-state index in [1.165, 1.54) is 5.56 Å². The van der Waals surface area contributed by atoms with E-state index in [4.69, 9.17) is 5.11 Å². The first-order valence-corrected chi connectivity index (χ1v) is 8.40. The van der Waals surface area contributed by atoms with Crippen LogP contribution in [0, 0.1) is 12.8 Å². The molecule has 0 radical (unpaired) electrons. The molecule has 1 unspecified atom stereocenters. The molecule has 134 valence electrons. The normalized spacial score (nSPS) is 11.8. The van der Waals surface area contributed by atoms with Crippen LogP contribution in [-0.2, 0) is 6.54 Å². The highest BCUT2D eigenvalue weighted by Crippen LogP contribution is 2.06. The highest BCUT2D eigenvalue weighted by Gasteiger charge is 2.09. The summed E-state index contributed by atoms with van der Waals surface area (Å²) in [5, 5.41) is 14.2. The summed E-state index contributed by atoms with van der Waals surface area (Å²) in [6.07, 6.45) is 2.32. The van der Waals surface area contributed by atoms with Gasteiger partial charge in [0, 0.05) is 19.3 Å². The number of rotatable bonds is 7. The third-order valence-electron chi connectivity index (χ3n) is 3.97. The number of aromatic nitrogens is 1. The van der Waals surface area contributed by atoms with E-state index in [-0.39, 0.29) is 23.8 Å². The third-order valence-corrected chi connectivity index (χ3v) is 3.97. The van der Waals surface area contributed by atoms with Crippen LogP contribution in [0.4, 0.5) is 10.5 Å². The Morgan fingerprint density at radius 1 is 1.24 bits per heavy atom. The average Bonchev–Trinajstić information content (AvgIpc) is 2.59. The molecular formula is C19H25N3O3. The molecular weight excluding hydrogens is 318 g/mol. The van der Waals surface area contributed by atoms with E-state index in [0.717, 1.165) is 5.56 Å². The van der Waals surface area contributed by atoms with Gasteiger partial charge in [-0.05, 0) is 37.0 Å². The fourth-order valence-corrected chi connectivity index (χ4v) is 2.40. The molecule has 1 aromatic carbocycles. The minimum absolute atomic E-state index is 0.0901. The average molecular weight is 343 g/mol. The van der Waals surface area contributed by atoms with Crippen molar-refractivity contribution in [3.05, 3.63) is 64.1 Å². The molecule has 0 bridgehead atoms. The minimum atomic E-state index is -0.421. The lowest BCUT2D eigenvalue weighted by atomic mass is 10.1. The number of carbonyl (C=O) groups is 1. The molecule has 6 heteroatoms. The fraction of sp³-hybridized carbons (Fsp3) is 0.368. The Morgan fingerprint density at radius 2 is 1.96 bits per heavy atom. The quantitative estimate of drug-likeness (QED) is 0.721. The predicted octanol–water partition coefficient (Wildman–Crippen LogP) is 2.35. The Morgan fingerprint density at radius 3 is 2.64 bits per heavy atom. The Bertz CT molecular complexity index is 753. The first kappa shape index (κ1) is 18.7. The van der Waals surface area contributed by atoms with Crippen LogP contribution in [0.5, 0.6) is 0 Å². The van der Waals surface area contributed by atoms with Gasteiger partial charge in [0.05, 0.1) is 6.54 Å². The van der Waals surface area contributed by atoms with Crippen molar-refractivity contribution < 1.29 is 9.90 Å². The molecule has 0 aliphatic rings. The first-order valence-electron chi connectivity index (χ1n) is 8.40. The smallest absolute Gasteiger partial charge is 0.319 e. The van der Waals surface area contributed by atoms with E-state index >= 15 is 0 Å². The van der Waals surface area contributed by atoms with E-state index in [0.29, 0.717) is 19.5 Å². The molecule has 0 aliphatic carbocycles. The maximum Gasteiger partial charge on any atom is 0.319 e. The summed E-state index contributed by atoms with van der Waals surface area (Å²) >= 11 is 0. The van der Waals surface area contributed by atoms with Gasteiger partial charge in [0.1, 0.15) is 5.69 Å². The molecule has 3 N–H and O–H groups in total. The summed E-state index contributed by atoms with van der Waals surface area (Å²) in [6.45, 7) is 4.93. The number of benzene rings is 1. The molecule has 0 saturated carbocycles. The van der Waals surface area contributed by atoms with Gasteiger partial charge in [0.2, 0.25) is 0 Å². The van der Waals surface area contributed by atoms with Crippen molar-refractivity contribution in [3.63, 3.8) is 0 Å². The van der Waals surface area contributed by atoms with Crippen LogP contribution in [0.3, 0.4) is 0 Å². The summed E-state index contributed by atoms with van der Waals surface area (Å²) in [6, 6.07) is 10.9. The van der Waals surface area contributed by atoms with E-state index < -0.39 is 6.03 Å². The number of aryl methyl sites for hydroxylation is 1. The van der Waals surface area contributed by atoms with Crippen LogP contribution in [-0.4, -0.2) is 28.9 Å². The topological polar surface area (TPSA) is 83.4 Å². The Balaban J connectivity index is 2.01. The number of urea groups is 1. The highest BCUT2D eigenvalue weighted by molar-refractivity contribution is 5.88. The lowest BCUT2D eigenvalue weighted by Crippen LogP contribution is -2.35. The van der Waals surface area contributed by atoms with E-state index in [2.05, 4.69) is 10.6 Å². The zero-order chi connectivity index (χ0) is 18.2. The van der Waals surface area contributed by atoms with Crippen LogP contribution >= 0.6 is 0 Å². The molecule has 25 heavy (non-hydrogen) atoms. The fourth-order valence-electron chi connectivity index (χ4n) is 2.40. The van der Waals surface area contributed by atoms with Crippen LogP contribution in [0.2, 0.25) is 0 Å². The number of anilines is 1. The molecule has 1 aromatic heterocycles. The number of nitrogens with zero attached hydrogens (tertiary/aromatic N) is 1. The van der Waals surface area contributed by atoms with Crippen molar-refractivity contribution in [2.75, 3.05) is 18.5 Å². The molecule has 0 spiro atoms. The number of hydrogen-bond acceptors (Lipinski definition) is 3. The highest BCUT2D eigenvalue weighted by atomic mass is 16.3. The van der Waals surface area contributed by atoms with Crippen molar-refractivity contribution >= 4 is 11.7 Å². The minimum Gasteiger partial charge on any atom is -0.396 e. The molecule has 2 rings (SSSR count). The molecule has 0 saturated heterocycles. The van der Waals surface area contributed by atoms with Gasteiger partial charge < -0.3 is 20.3 Å². The molecule has 2 amide bonds. The summed E-state index contributed by atoms with van der Waals surface area (Å²) in [5.41, 5.74) is 2.18. The number of carbonyl (C=O) groups excluding carboxylic acids is 1. The number of pyridine rings is 1. The van der Waals surface area contributed by atoms with Gasteiger partial charge in [-0.15, -0.1) is 0 Å². The third kappa shape index (κ3) is 5.76. The van der Waals surface area contributed by atoms with Gasteiger partial charge in [-0.3, -0.25) is 4.79 Å². The van der Waals surface area contributed by atoms with Crippen LogP contribution in [0.15, 0.2) is 47.4 Å². The van der Waals surface area contributed by atoms with Gasteiger partial charge >= 0.3 is 6.03 Å². The Kier molecular flexibility index (Phi) is 6.77. The van der Waals surface area contributed by atoms with E-state index in [1.54, 1.807) is 22.9 Å². The van der Waals surface area contributed by atoms with Crippen molar-refractivity contribution in [1.29, 1.82) is 0 Å². The predicted molar refractivity (Wildman–Crippen MR) is 98.9 cm³/mol. The van der Waals surface area contributed by atoms with Crippen molar-refractivity contribution in [2.45, 2.75) is 26.8 Å². The summed E-state index contributed by atoms with van der Waals surface area (Å²) in [4.78, 5) is 24.5. The molecule has 6 nitrogen and oxygen atoms in total. The lowest BCUT2D eigenvalue weighted by Gasteiger charge is -2.13.